The number of H-pyrrole nitrogens is 1. The third-order valence-corrected chi connectivity index (χ3v) is 8.58. The molecule has 2 saturated carbocycles. The fourth-order valence-corrected chi connectivity index (χ4v) is 6.62. The molecule has 7 heteroatoms. The van der Waals surface area contributed by atoms with Crippen molar-refractivity contribution in [3.63, 3.8) is 0 Å². The Labute approximate surface area is 207 Å². The lowest BCUT2D eigenvalue weighted by molar-refractivity contribution is -0.131. The zero-order valence-electron chi connectivity index (χ0n) is 20.9. The van der Waals surface area contributed by atoms with E-state index in [9.17, 15) is 9.59 Å². The number of aromatic amines is 1. The molecule has 0 spiro atoms. The van der Waals surface area contributed by atoms with Gasteiger partial charge in [-0.3, -0.25) is 14.5 Å². The molecule has 3 aliphatic rings. The maximum atomic E-state index is 13.4. The number of likely N-dealkylation sites (N-methyl/N-ethyl adjacent to an activating group) is 1. The van der Waals surface area contributed by atoms with Gasteiger partial charge >= 0.3 is 0 Å². The first-order valence-corrected chi connectivity index (χ1v) is 13.5. The van der Waals surface area contributed by atoms with Crippen molar-refractivity contribution in [1.82, 2.24) is 15.2 Å². The molecular weight excluding hydrogens is 438 g/mol. The van der Waals surface area contributed by atoms with E-state index in [1.54, 1.807) is 11.9 Å². The number of nitrogens with zero attached hydrogens (tertiary/aromatic N) is 2. The van der Waals surface area contributed by atoms with Crippen molar-refractivity contribution in [2.24, 2.45) is 22.6 Å². The Hall–Kier alpha value is -2.83. The monoisotopic (exact) mass is 477 g/mol. The fraction of sp³-hybridized carbons (Fsp3) is 0.607. The number of amides is 2. The van der Waals surface area contributed by atoms with Crippen LogP contribution in [-0.2, 0) is 4.79 Å². The van der Waals surface area contributed by atoms with E-state index in [4.69, 9.17) is 10.7 Å². The molecule has 2 fully saturated rings. The van der Waals surface area contributed by atoms with Gasteiger partial charge in [-0.2, -0.15) is 0 Å². The van der Waals surface area contributed by atoms with Gasteiger partial charge in [0.25, 0.3) is 11.8 Å². The first-order chi connectivity index (χ1) is 16.9. The summed E-state index contributed by atoms with van der Waals surface area (Å²) in [4.78, 5) is 35.9. The summed E-state index contributed by atoms with van der Waals surface area (Å²) in [5.74, 6) is 1.38. The van der Waals surface area contributed by atoms with Crippen molar-refractivity contribution < 1.29 is 9.59 Å². The van der Waals surface area contributed by atoms with Crippen LogP contribution in [0.25, 0.3) is 10.9 Å². The summed E-state index contributed by atoms with van der Waals surface area (Å²) in [5.41, 5.74) is 6.98. The van der Waals surface area contributed by atoms with Gasteiger partial charge in [-0.05, 0) is 56.1 Å². The van der Waals surface area contributed by atoms with E-state index in [-0.39, 0.29) is 17.9 Å². The molecule has 7 nitrogen and oxygen atoms in total. The molecule has 2 aliphatic carbocycles. The molecule has 0 saturated heterocycles. The van der Waals surface area contributed by atoms with Crippen molar-refractivity contribution >= 4 is 28.7 Å². The fourth-order valence-electron chi connectivity index (χ4n) is 6.62. The largest absolute Gasteiger partial charge is 0.369 e. The van der Waals surface area contributed by atoms with Crippen molar-refractivity contribution in [1.29, 1.82) is 0 Å². The third-order valence-electron chi connectivity index (χ3n) is 8.58. The smallest absolute Gasteiger partial charge is 0.267 e. The maximum absolute atomic E-state index is 13.4. The number of nitrogens with two attached hydrogens (primary N) is 1. The minimum Gasteiger partial charge on any atom is -0.369 e. The standard InChI is InChI=1S/C28H39N5O2/c1-33-26(35)28(32-27(33)29,15-14-19-8-3-2-4-9-19)18-20-10-7-12-22(16-20)30-25(34)24-17-21-11-5-6-13-23(21)31-24/h5-6,11,13,17,19-20,22,31H,2-4,7-10,12,14-16,18H2,1H3,(H2,29,32)(H,30,34)/t20-,22+,28+/m0/s1. The van der Waals surface area contributed by atoms with Gasteiger partial charge in [-0.1, -0.05) is 63.1 Å². The lowest BCUT2D eigenvalue weighted by Gasteiger charge is -2.35. The second-order valence-electron chi connectivity index (χ2n) is 11.1. The molecular formula is C28H39N5O2. The van der Waals surface area contributed by atoms with Crippen LogP contribution in [0.15, 0.2) is 35.3 Å². The molecule has 5 rings (SSSR count). The number of aromatic nitrogens is 1. The number of carbonyl (C=O) groups is 2. The number of guanidine groups is 1. The highest BCUT2D eigenvalue weighted by Gasteiger charge is 2.48. The molecule has 1 aliphatic heterocycles. The number of rotatable bonds is 7. The maximum Gasteiger partial charge on any atom is 0.267 e. The van der Waals surface area contributed by atoms with E-state index in [1.807, 2.05) is 30.3 Å². The molecule has 0 unspecified atom stereocenters. The SMILES string of the molecule is CN1C(=O)[C@@](CCC2CCCCC2)(C[C@H]2CCC[C@@H](NC(=O)c3cc4ccccc4[nH]3)C2)N=C1N. The van der Waals surface area contributed by atoms with E-state index in [0.717, 1.165) is 55.8 Å². The van der Waals surface area contributed by atoms with Crippen LogP contribution in [-0.4, -0.2) is 46.3 Å². The lowest BCUT2D eigenvalue weighted by Crippen LogP contribution is -2.45. The number of hydrogen-bond donors (Lipinski definition) is 3. The summed E-state index contributed by atoms with van der Waals surface area (Å²) in [6.07, 6.45) is 13.0. The predicted octanol–water partition coefficient (Wildman–Crippen LogP) is 4.73. The zero-order chi connectivity index (χ0) is 24.4. The second-order valence-corrected chi connectivity index (χ2v) is 11.1. The number of carbonyl (C=O) groups excluding carboxylic acids is 2. The molecule has 3 atom stereocenters. The van der Waals surface area contributed by atoms with Gasteiger partial charge < -0.3 is 16.0 Å². The van der Waals surface area contributed by atoms with Crippen molar-refractivity contribution in [3.05, 3.63) is 36.0 Å². The number of aliphatic imine (C=N–C) groups is 1. The minimum atomic E-state index is -0.732. The summed E-state index contributed by atoms with van der Waals surface area (Å²) in [6.45, 7) is 0. The molecule has 1 aromatic carbocycles. The summed E-state index contributed by atoms with van der Waals surface area (Å²) < 4.78 is 0. The molecule has 2 aromatic rings. The van der Waals surface area contributed by atoms with Crippen LogP contribution in [0.3, 0.4) is 0 Å². The Balaban J connectivity index is 1.24. The normalized spacial score (nSPS) is 27.9. The number of para-hydroxylation sites is 1. The van der Waals surface area contributed by atoms with Crippen molar-refractivity contribution in [3.8, 4) is 0 Å². The lowest BCUT2D eigenvalue weighted by atomic mass is 9.74. The van der Waals surface area contributed by atoms with Gasteiger partial charge in [0.15, 0.2) is 5.96 Å². The van der Waals surface area contributed by atoms with E-state index in [1.165, 1.54) is 32.1 Å². The average molecular weight is 478 g/mol. The number of hydrogen-bond acceptors (Lipinski definition) is 4. The molecule has 4 N–H and O–H groups in total. The first kappa shape index (κ1) is 23.9. The van der Waals surface area contributed by atoms with Gasteiger partial charge in [0.05, 0.1) is 0 Å². The summed E-state index contributed by atoms with van der Waals surface area (Å²) in [7, 11) is 1.74. The van der Waals surface area contributed by atoms with Crippen molar-refractivity contribution in [2.45, 2.75) is 88.6 Å². The molecule has 2 heterocycles. The van der Waals surface area contributed by atoms with Gasteiger partial charge in [0.1, 0.15) is 11.2 Å². The van der Waals surface area contributed by atoms with E-state index >= 15 is 0 Å². The minimum absolute atomic E-state index is 0.0510. The Morgan fingerprint density at radius 3 is 2.66 bits per heavy atom. The molecule has 0 radical (unpaired) electrons. The highest BCUT2D eigenvalue weighted by Crippen LogP contribution is 2.40. The Morgan fingerprint density at radius 2 is 1.91 bits per heavy atom. The van der Waals surface area contributed by atoms with Gasteiger partial charge in [0.2, 0.25) is 0 Å². The Bertz CT molecular complexity index is 1070. The number of benzene rings is 1. The van der Waals surface area contributed by atoms with E-state index < -0.39 is 5.54 Å². The zero-order valence-corrected chi connectivity index (χ0v) is 20.9. The van der Waals surface area contributed by atoms with Gasteiger partial charge in [0, 0.05) is 24.0 Å². The van der Waals surface area contributed by atoms with Crippen LogP contribution in [0.2, 0.25) is 0 Å². The summed E-state index contributed by atoms with van der Waals surface area (Å²) in [6, 6.07) is 9.96. The average Bonchev–Trinajstić information content (AvgIpc) is 3.39. The van der Waals surface area contributed by atoms with Crippen LogP contribution in [0.5, 0.6) is 0 Å². The van der Waals surface area contributed by atoms with E-state index in [2.05, 4.69) is 10.3 Å². The quantitative estimate of drug-likeness (QED) is 0.537. The summed E-state index contributed by atoms with van der Waals surface area (Å²) >= 11 is 0. The molecule has 188 valence electrons. The predicted molar refractivity (Wildman–Crippen MR) is 139 cm³/mol. The highest BCUT2D eigenvalue weighted by atomic mass is 16.2. The van der Waals surface area contributed by atoms with Gasteiger partial charge in [-0.25, -0.2) is 4.99 Å². The molecule has 1 aromatic heterocycles. The van der Waals surface area contributed by atoms with Gasteiger partial charge in [-0.15, -0.1) is 0 Å². The Kier molecular flexibility index (Phi) is 6.85. The van der Waals surface area contributed by atoms with Crippen LogP contribution < -0.4 is 11.1 Å². The highest BCUT2D eigenvalue weighted by molar-refractivity contribution is 6.06. The van der Waals surface area contributed by atoms with Crippen molar-refractivity contribution in [2.75, 3.05) is 7.05 Å². The van der Waals surface area contributed by atoms with Crippen LogP contribution >= 0.6 is 0 Å². The summed E-state index contributed by atoms with van der Waals surface area (Å²) in [5, 5.41) is 4.29. The van der Waals surface area contributed by atoms with Crippen LogP contribution in [0, 0.1) is 11.8 Å². The van der Waals surface area contributed by atoms with E-state index in [0.29, 0.717) is 23.5 Å². The molecule has 35 heavy (non-hydrogen) atoms. The molecule has 2 amide bonds. The second kappa shape index (κ2) is 10.0. The van der Waals surface area contributed by atoms with Crippen LogP contribution in [0.1, 0.15) is 87.5 Å². The van der Waals surface area contributed by atoms with Crippen LogP contribution in [0.4, 0.5) is 0 Å². The molecule has 0 bridgehead atoms. The number of nitrogens with one attached hydrogen (secondary N) is 2. The topological polar surface area (TPSA) is 104 Å². The third kappa shape index (κ3) is 5.09. The number of fused-ring (bicyclic) bond motifs is 1. The Morgan fingerprint density at radius 1 is 1.14 bits per heavy atom. The first-order valence-electron chi connectivity index (χ1n) is 13.5.